The zero-order chi connectivity index (χ0) is 17.3. The number of allylic oxidation sites excluding steroid dienone is 1. The zero-order valence-corrected chi connectivity index (χ0v) is 15.1. The molecule has 0 bridgehead atoms. The number of H-pyrrole nitrogens is 1. The summed E-state index contributed by atoms with van der Waals surface area (Å²) in [4.78, 5) is 3.33. The fraction of sp³-hybridized carbons (Fsp3) is 0.333. The normalized spacial score (nSPS) is 17.1. The highest BCUT2D eigenvalue weighted by Gasteiger charge is 2.26. The van der Waals surface area contributed by atoms with E-state index in [0.717, 1.165) is 11.9 Å². The molecule has 0 unspecified atom stereocenters. The largest absolute Gasteiger partial charge is 0.361 e. The van der Waals surface area contributed by atoms with Crippen molar-refractivity contribution in [1.29, 1.82) is 0 Å². The number of hydrogen-bond donors (Lipinski definition) is 1. The van der Waals surface area contributed by atoms with E-state index in [2.05, 4.69) is 29.3 Å². The molecule has 1 aliphatic rings. The van der Waals surface area contributed by atoms with Crippen LogP contribution in [0.4, 0.5) is 0 Å². The molecule has 0 spiro atoms. The first-order valence-electron chi connectivity index (χ1n) is 8.04. The second-order valence-electron chi connectivity index (χ2n) is 6.13. The number of nitrogens with one attached hydrogen (secondary N) is 1. The molecule has 5 nitrogen and oxygen atoms in total. The molecule has 0 aliphatic carbocycles. The van der Waals surface area contributed by atoms with Gasteiger partial charge in [0.15, 0.2) is 0 Å². The summed E-state index contributed by atoms with van der Waals surface area (Å²) in [6.07, 6.45) is 8.86. The Morgan fingerprint density at radius 2 is 2.08 bits per heavy atom. The Morgan fingerprint density at radius 3 is 2.71 bits per heavy atom. The minimum atomic E-state index is -3.34. The minimum Gasteiger partial charge on any atom is -0.361 e. The Bertz CT molecular complexity index is 907. The number of fused-ring (bicyclic) bond motifs is 1. The molecular weight excluding hydrogens is 322 g/mol. The lowest BCUT2D eigenvalue weighted by Crippen LogP contribution is -2.42. The highest BCUT2D eigenvalue weighted by Crippen LogP contribution is 2.30. The maximum atomic E-state index is 12.2. The first kappa shape index (κ1) is 17.0. The van der Waals surface area contributed by atoms with Gasteiger partial charge in [-0.05, 0) is 30.5 Å². The molecule has 1 aromatic heterocycles. The number of benzene rings is 1. The maximum Gasteiger partial charge on any atom is 0.281 e. The van der Waals surface area contributed by atoms with E-state index in [0.29, 0.717) is 13.1 Å². The van der Waals surface area contributed by atoms with Gasteiger partial charge in [-0.1, -0.05) is 30.4 Å². The van der Waals surface area contributed by atoms with Crippen LogP contribution in [0.15, 0.2) is 36.5 Å². The van der Waals surface area contributed by atoms with Gasteiger partial charge in [0.2, 0.25) is 0 Å². The highest BCUT2D eigenvalue weighted by atomic mass is 32.2. The van der Waals surface area contributed by atoms with Crippen LogP contribution in [0.2, 0.25) is 0 Å². The second-order valence-corrected chi connectivity index (χ2v) is 8.28. The van der Waals surface area contributed by atoms with E-state index in [1.165, 1.54) is 30.7 Å². The minimum absolute atomic E-state index is 0.416. The number of aromatic amines is 1. The van der Waals surface area contributed by atoms with E-state index in [-0.39, 0.29) is 0 Å². The third kappa shape index (κ3) is 3.05. The Morgan fingerprint density at radius 1 is 1.29 bits per heavy atom. The molecule has 2 heterocycles. The Balaban J connectivity index is 1.88. The smallest absolute Gasteiger partial charge is 0.281 e. The molecule has 0 saturated heterocycles. The molecule has 1 aromatic carbocycles. The molecular formula is C18H23N3O2S. The fourth-order valence-corrected chi connectivity index (χ4v) is 4.09. The van der Waals surface area contributed by atoms with Crippen molar-refractivity contribution >= 4 is 32.8 Å². The molecule has 0 atom stereocenters. The van der Waals surface area contributed by atoms with Crippen LogP contribution in [0.1, 0.15) is 24.5 Å². The van der Waals surface area contributed by atoms with Gasteiger partial charge in [-0.25, -0.2) is 0 Å². The molecule has 3 rings (SSSR count). The van der Waals surface area contributed by atoms with Gasteiger partial charge in [-0.15, -0.1) is 0 Å². The zero-order valence-electron chi connectivity index (χ0n) is 14.3. The lowest BCUT2D eigenvalue weighted by Gasteiger charge is -2.28. The third-order valence-electron chi connectivity index (χ3n) is 4.37. The van der Waals surface area contributed by atoms with E-state index in [1.54, 1.807) is 14.1 Å². The third-order valence-corrected chi connectivity index (χ3v) is 6.28. The van der Waals surface area contributed by atoms with E-state index >= 15 is 0 Å². The van der Waals surface area contributed by atoms with Crippen LogP contribution < -0.4 is 0 Å². The van der Waals surface area contributed by atoms with Gasteiger partial charge in [0.25, 0.3) is 10.2 Å². The van der Waals surface area contributed by atoms with Crippen LogP contribution in [0.5, 0.6) is 0 Å². The summed E-state index contributed by atoms with van der Waals surface area (Å²) in [5.41, 5.74) is 4.63. The average molecular weight is 345 g/mol. The first-order chi connectivity index (χ1) is 11.4. The molecule has 1 N–H and O–H groups in total. The summed E-state index contributed by atoms with van der Waals surface area (Å²) in [5, 5.41) is 1.18. The van der Waals surface area contributed by atoms with Gasteiger partial charge < -0.3 is 4.98 Å². The number of nitrogens with zero attached hydrogens (tertiary/aromatic N) is 2. The number of rotatable bonds is 4. The first-order valence-corrected chi connectivity index (χ1v) is 9.44. The van der Waals surface area contributed by atoms with E-state index in [1.807, 2.05) is 25.3 Å². The molecule has 1 aliphatic heterocycles. The molecule has 0 fully saturated rings. The van der Waals surface area contributed by atoms with Crippen LogP contribution in [-0.4, -0.2) is 49.2 Å². The molecule has 128 valence electrons. The summed E-state index contributed by atoms with van der Waals surface area (Å²) >= 11 is 0. The second kappa shape index (κ2) is 6.55. The van der Waals surface area contributed by atoms with Crippen molar-refractivity contribution in [2.45, 2.75) is 13.3 Å². The van der Waals surface area contributed by atoms with Crippen LogP contribution in [0.25, 0.3) is 22.6 Å². The predicted octanol–water partition coefficient (Wildman–Crippen LogP) is 3.10. The SMILES string of the molecule is CC=Cc1ccc2c(C3=CCN(S(=O)(=O)N(C)C)CC3)c[nH]c2c1. The van der Waals surface area contributed by atoms with E-state index in [4.69, 9.17) is 0 Å². The quantitative estimate of drug-likeness (QED) is 0.926. The van der Waals surface area contributed by atoms with Gasteiger partial charge in [-0.2, -0.15) is 17.0 Å². The Kier molecular flexibility index (Phi) is 4.62. The number of aromatic nitrogens is 1. The van der Waals surface area contributed by atoms with Gasteiger partial charge >= 0.3 is 0 Å². The van der Waals surface area contributed by atoms with E-state index in [9.17, 15) is 8.42 Å². The van der Waals surface area contributed by atoms with Gasteiger partial charge in [0.1, 0.15) is 0 Å². The Hall–Kier alpha value is -1.89. The lowest BCUT2D eigenvalue weighted by atomic mass is 9.99. The van der Waals surface area contributed by atoms with Crippen LogP contribution >= 0.6 is 0 Å². The highest BCUT2D eigenvalue weighted by molar-refractivity contribution is 7.86. The lowest BCUT2D eigenvalue weighted by molar-refractivity contribution is 0.397. The summed E-state index contributed by atoms with van der Waals surface area (Å²) in [5.74, 6) is 0. The van der Waals surface area contributed by atoms with Gasteiger partial charge in [0, 0.05) is 49.8 Å². The molecule has 6 heteroatoms. The van der Waals surface area contributed by atoms with Crippen molar-refractivity contribution in [3.05, 3.63) is 47.7 Å². The van der Waals surface area contributed by atoms with Crippen molar-refractivity contribution in [2.24, 2.45) is 0 Å². The molecule has 24 heavy (non-hydrogen) atoms. The molecule has 2 aromatic rings. The summed E-state index contributed by atoms with van der Waals surface area (Å²) < 4.78 is 27.2. The van der Waals surface area contributed by atoms with E-state index < -0.39 is 10.2 Å². The van der Waals surface area contributed by atoms with Crippen LogP contribution in [0, 0.1) is 0 Å². The predicted molar refractivity (Wildman–Crippen MR) is 99.8 cm³/mol. The number of hydrogen-bond acceptors (Lipinski definition) is 2. The van der Waals surface area contributed by atoms with Crippen molar-refractivity contribution in [3.8, 4) is 0 Å². The van der Waals surface area contributed by atoms with Crippen LogP contribution in [-0.2, 0) is 10.2 Å². The van der Waals surface area contributed by atoms with Crippen LogP contribution in [0.3, 0.4) is 0 Å². The summed E-state index contributed by atoms with van der Waals surface area (Å²) in [6.45, 7) is 2.93. The summed E-state index contributed by atoms with van der Waals surface area (Å²) in [7, 11) is -0.208. The maximum absolute atomic E-state index is 12.2. The topological polar surface area (TPSA) is 56.4 Å². The Labute approximate surface area is 143 Å². The standard InChI is InChI=1S/C18H23N3O2S/c1-4-5-14-6-7-16-17(13-19-18(16)12-14)15-8-10-21(11-9-15)24(22,23)20(2)3/h4-8,12-13,19H,9-11H2,1-3H3. The van der Waals surface area contributed by atoms with Crippen molar-refractivity contribution < 1.29 is 8.42 Å². The monoisotopic (exact) mass is 345 g/mol. The van der Waals surface area contributed by atoms with Crippen molar-refractivity contribution in [3.63, 3.8) is 0 Å². The van der Waals surface area contributed by atoms with Gasteiger partial charge in [-0.3, -0.25) is 0 Å². The molecule has 0 saturated carbocycles. The average Bonchev–Trinajstić information content (AvgIpc) is 2.98. The van der Waals surface area contributed by atoms with Crippen molar-refractivity contribution in [1.82, 2.24) is 13.6 Å². The van der Waals surface area contributed by atoms with Crippen molar-refractivity contribution in [2.75, 3.05) is 27.2 Å². The molecule has 0 radical (unpaired) electrons. The fourth-order valence-electron chi connectivity index (χ4n) is 3.04. The summed E-state index contributed by atoms with van der Waals surface area (Å²) in [6, 6.07) is 6.36. The molecule has 0 amide bonds. The van der Waals surface area contributed by atoms with Gasteiger partial charge in [0.05, 0.1) is 0 Å².